The quantitative estimate of drug-likeness (QED) is 0.259. The van der Waals surface area contributed by atoms with Crippen molar-refractivity contribution in [2.75, 3.05) is 0 Å². The minimum Gasteiger partial charge on any atom is -0.152 e. The average molecular weight is 393 g/mol. The molecule has 132 valence electrons. The topological polar surface area (TPSA) is 0 Å². The Hall–Kier alpha value is -2.94. The molecule has 0 saturated carbocycles. The van der Waals surface area contributed by atoms with Gasteiger partial charge in [-0.05, 0) is 88.2 Å². The molecule has 0 fully saturated rings. The summed E-state index contributed by atoms with van der Waals surface area (Å²) in [5.74, 6) is 0. The highest BCUT2D eigenvalue weighted by molar-refractivity contribution is 7.08. The van der Waals surface area contributed by atoms with Crippen LogP contribution in [-0.2, 0) is 0 Å². The summed E-state index contributed by atoms with van der Waals surface area (Å²) in [7, 11) is 0. The highest BCUT2D eigenvalue weighted by atomic mass is 32.1. The first-order valence-electron chi connectivity index (χ1n) is 9.32. The van der Waals surface area contributed by atoms with E-state index in [1.54, 1.807) is 22.7 Å². The van der Waals surface area contributed by atoms with E-state index in [-0.39, 0.29) is 0 Å². The number of hydrogen-bond donors (Lipinski definition) is 0. The third-order valence-electron chi connectivity index (χ3n) is 5.55. The van der Waals surface area contributed by atoms with Gasteiger partial charge in [0.25, 0.3) is 0 Å². The molecule has 6 aromatic rings. The Kier molecular flexibility index (Phi) is 3.61. The minimum absolute atomic E-state index is 1.29. The van der Waals surface area contributed by atoms with E-state index < -0.39 is 0 Å². The van der Waals surface area contributed by atoms with Crippen LogP contribution in [0.2, 0.25) is 0 Å². The number of hydrogen-bond acceptors (Lipinski definition) is 2. The molecule has 0 nitrogen and oxygen atoms in total. The van der Waals surface area contributed by atoms with E-state index in [2.05, 4.69) is 94.3 Å². The number of fused-ring (bicyclic) bond motifs is 5. The van der Waals surface area contributed by atoms with E-state index in [1.165, 1.54) is 54.6 Å². The van der Waals surface area contributed by atoms with Gasteiger partial charge in [0.2, 0.25) is 0 Å². The normalized spacial score (nSPS) is 11.6. The van der Waals surface area contributed by atoms with Crippen LogP contribution in [0.3, 0.4) is 0 Å². The molecule has 0 atom stereocenters. The van der Waals surface area contributed by atoms with Crippen LogP contribution in [0.15, 0.2) is 94.3 Å². The molecule has 0 saturated heterocycles. The fraction of sp³-hybridized carbons (Fsp3) is 0. The Balaban J connectivity index is 1.81. The van der Waals surface area contributed by atoms with E-state index in [0.717, 1.165) is 0 Å². The van der Waals surface area contributed by atoms with Crippen LogP contribution in [0.4, 0.5) is 0 Å². The molecular formula is C26H16S2. The molecule has 0 radical (unpaired) electrons. The molecule has 4 aromatic carbocycles. The van der Waals surface area contributed by atoms with Gasteiger partial charge < -0.3 is 0 Å². The average Bonchev–Trinajstić information content (AvgIpc) is 3.46. The van der Waals surface area contributed by atoms with Gasteiger partial charge in [-0.15, -0.1) is 0 Å². The van der Waals surface area contributed by atoms with Crippen LogP contribution in [0.5, 0.6) is 0 Å². The summed E-state index contributed by atoms with van der Waals surface area (Å²) in [4.78, 5) is 0. The summed E-state index contributed by atoms with van der Waals surface area (Å²) in [6, 6.07) is 26.9. The molecule has 0 N–H and O–H groups in total. The number of rotatable bonds is 2. The van der Waals surface area contributed by atoms with E-state index in [4.69, 9.17) is 0 Å². The van der Waals surface area contributed by atoms with Crippen molar-refractivity contribution in [2.24, 2.45) is 0 Å². The smallest absolute Gasteiger partial charge is 0.00145 e. The van der Waals surface area contributed by atoms with Crippen molar-refractivity contribution in [3.63, 3.8) is 0 Å². The summed E-state index contributed by atoms with van der Waals surface area (Å²) in [5, 5.41) is 16.7. The minimum atomic E-state index is 1.29. The largest absolute Gasteiger partial charge is 0.152 e. The van der Waals surface area contributed by atoms with Crippen LogP contribution in [-0.4, -0.2) is 0 Å². The third-order valence-corrected chi connectivity index (χ3v) is 6.91. The molecule has 2 aromatic heterocycles. The van der Waals surface area contributed by atoms with Gasteiger partial charge in [0, 0.05) is 0 Å². The molecule has 0 amide bonds. The molecule has 0 spiro atoms. The maximum absolute atomic E-state index is 2.30. The summed E-state index contributed by atoms with van der Waals surface area (Å²) >= 11 is 3.51. The highest BCUT2D eigenvalue weighted by Gasteiger charge is 2.12. The zero-order valence-electron chi connectivity index (χ0n) is 15.1. The second-order valence-corrected chi connectivity index (χ2v) is 8.62. The zero-order valence-corrected chi connectivity index (χ0v) is 16.7. The van der Waals surface area contributed by atoms with Gasteiger partial charge in [0.15, 0.2) is 0 Å². The first-order chi connectivity index (χ1) is 13.9. The molecule has 0 aliphatic rings. The number of thiophene rings is 2. The van der Waals surface area contributed by atoms with E-state index in [1.807, 2.05) is 0 Å². The van der Waals surface area contributed by atoms with Crippen LogP contribution in [0.1, 0.15) is 0 Å². The second-order valence-electron chi connectivity index (χ2n) is 7.06. The predicted octanol–water partition coefficient (Wildman–Crippen LogP) is 8.60. The zero-order chi connectivity index (χ0) is 18.5. The predicted molar refractivity (Wildman–Crippen MR) is 126 cm³/mol. The Bertz CT molecular complexity index is 1330. The van der Waals surface area contributed by atoms with E-state index in [9.17, 15) is 0 Å². The Morgan fingerprint density at radius 2 is 0.964 bits per heavy atom. The lowest BCUT2D eigenvalue weighted by atomic mass is 9.90. The lowest BCUT2D eigenvalue weighted by Crippen LogP contribution is -1.86. The van der Waals surface area contributed by atoms with Crippen LogP contribution < -0.4 is 0 Å². The van der Waals surface area contributed by atoms with E-state index in [0.29, 0.717) is 0 Å². The Labute approximate surface area is 171 Å². The fourth-order valence-electron chi connectivity index (χ4n) is 4.30. The molecule has 0 aliphatic heterocycles. The first kappa shape index (κ1) is 16.1. The van der Waals surface area contributed by atoms with Crippen LogP contribution in [0, 0.1) is 0 Å². The molecule has 2 heteroatoms. The van der Waals surface area contributed by atoms with E-state index >= 15 is 0 Å². The Morgan fingerprint density at radius 3 is 1.39 bits per heavy atom. The van der Waals surface area contributed by atoms with Crippen LogP contribution in [0.25, 0.3) is 54.6 Å². The summed E-state index contributed by atoms with van der Waals surface area (Å²) in [6.07, 6.45) is 0. The standard InChI is InChI=1S/C26H16S2/c1-3-17-7-9-24-23(25(17)21(5-1)19-11-13-27-15-19)10-8-18-4-2-6-22(26(18)24)20-12-14-28-16-20/h1-16H. The molecule has 2 heterocycles. The van der Waals surface area contributed by atoms with Gasteiger partial charge in [-0.2, -0.15) is 22.7 Å². The summed E-state index contributed by atoms with van der Waals surface area (Å²) < 4.78 is 0. The van der Waals surface area contributed by atoms with Gasteiger partial charge in [0.1, 0.15) is 0 Å². The van der Waals surface area contributed by atoms with Crippen molar-refractivity contribution < 1.29 is 0 Å². The van der Waals surface area contributed by atoms with Gasteiger partial charge in [0.05, 0.1) is 0 Å². The molecule has 6 rings (SSSR count). The molecule has 0 aliphatic carbocycles. The van der Waals surface area contributed by atoms with Crippen molar-refractivity contribution in [2.45, 2.75) is 0 Å². The van der Waals surface area contributed by atoms with Gasteiger partial charge in [-0.1, -0.05) is 60.7 Å². The number of benzene rings is 4. The molecular weight excluding hydrogens is 376 g/mol. The van der Waals surface area contributed by atoms with Gasteiger partial charge >= 0.3 is 0 Å². The monoisotopic (exact) mass is 392 g/mol. The van der Waals surface area contributed by atoms with Crippen molar-refractivity contribution in [1.82, 2.24) is 0 Å². The maximum Gasteiger partial charge on any atom is -0.00145 e. The molecule has 28 heavy (non-hydrogen) atoms. The Morgan fingerprint density at radius 1 is 0.464 bits per heavy atom. The van der Waals surface area contributed by atoms with Crippen molar-refractivity contribution in [3.05, 3.63) is 94.3 Å². The lowest BCUT2D eigenvalue weighted by Gasteiger charge is -2.13. The second kappa shape index (κ2) is 6.30. The van der Waals surface area contributed by atoms with Crippen molar-refractivity contribution in [3.8, 4) is 22.3 Å². The van der Waals surface area contributed by atoms with Crippen LogP contribution >= 0.6 is 22.7 Å². The van der Waals surface area contributed by atoms with Crippen molar-refractivity contribution >= 4 is 55.0 Å². The third kappa shape index (κ3) is 2.35. The molecule has 0 unspecified atom stereocenters. The summed E-state index contributed by atoms with van der Waals surface area (Å²) in [5.41, 5.74) is 5.23. The fourth-order valence-corrected chi connectivity index (χ4v) is 5.61. The van der Waals surface area contributed by atoms with Gasteiger partial charge in [-0.25, -0.2) is 0 Å². The highest BCUT2D eigenvalue weighted by Crippen LogP contribution is 2.40. The van der Waals surface area contributed by atoms with Gasteiger partial charge in [-0.3, -0.25) is 0 Å². The first-order valence-corrected chi connectivity index (χ1v) is 11.2. The summed E-state index contributed by atoms with van der Waals surface area (Å²) in [6.45, 7) is 0. The SMILES string of the molecule is c1cc(-c2ccsc2)c2c(c1)ccc1c2ccc2cccc(-c3ccsc3)c21. The maximum atomic E-state index is 2.30. The lowest BCUT2D eigenvalue weighted by molar-refractivity contribution is 1.73. The van der Waals surface area contributed by atoms with Crippen molar-refractivity contribution in [1.29, 1.82) is 0 Å². The molecule has 0 bridgehead atoms.